The summed E-state index contributed by atoms with van der Waals surface area (Å²) in [7, 11) is 0. The highest BCUT2D eigenvalue weighted by Crippen LogP contribution is 2.28. The minimum atomic E-state index is 0.707. The Bertz CT molecular complexity index is 1300. The van der Waals surface area contributed by atoms with Gasteiger partial charge in [0.15, 0.2) is 5.82 Å². The fourth-order valence-corrected chi connectivity index (χ4v) is 3.87. The molecule has 0 radical (unpaired) electrons. The summed E-state index contributed by atoms with van der Waals surface area (Å²) in [6, 6.07) is 35.2. The molecule has 31 heavy (non-hydrogen) atoms. The SMILES string of the molecule is Cc1nnc(-c2ccc(-c3ccc(-c4ccccc4)cc3)cc2)n1-c1ccc(Cl)cc1. The quantitative estimate of drug-likeness (QED) is 0.306. The highest BCUT2D eigenvalue weighted by atomic mass is 35.5. The second kappa shape index (κ2) is 8.21. The van der Waals surface area contributed by atoms with Gasteiger partial charge in [0.25, 0.3) is 0 Å². The van der Waals surface area contributed by atoms with Crippen LogP contribution in [0.15, 0.2) is 103 Å². The standard InChI is InChI=1S/C27H20ClN3/c1-19-29-30-27(31(19)26-17-15-25(28)16-18-26)24-13-11-23(12-14-24)22-9-7-21(8-10-22)20-5-3-2-4-6-20/h2-18H,1H3. The van der Waals surface area contributed by atoms with E-state index in [-0.39, 0.29) is 0 Å². The van der Waals surface area contributed by atoms with E-state index in [4.69, 9.17) is 11.6 Å². The van der Waals surface area contributed by atoms with Crippen LogP contribution in [-0.2, 0) is 0 Å². The molecule has 0 atom stereocenters. The molecule has 4 aromatic carbocycles. The first kappa shape index (κ1) is 19.3. The minimum absolute atomic E-state index is 0.707. The van der Waals surface area contributed by atoms with Crippen molar-refractivity contribution in [1.82, 2.24) is 14.8 Å². The van der Waals surface area contributed by atoms with Crippen molar-refractivity contribution in [2.24, 2.45) is 0 Å². The summed E-state index contributed by atoms with van der Waals surface area (Å²) in [5, 5.41) is 9.41. The zero-order chi connectivity index (χ0) is 21.2. The Morgan fingerprint density at radius 1 is 0.548 bits per heavy atom. The minimum Gasteiger partial charge on any atom is -0.279 e. The molecule has 150 valence electrons. The first-order valence-corrected chi connectivity index (χ1v) is 10.5. The average molecular weight is 422 g/mol. The summed E-state index contributed by atoms with van der Waals surface area (Å²) in [6.45, 7) is 1.95. The Balaban J connectivity index is 1.44. The van der Waals surface area contributed by atoms with Gasteiger partial charge in [0.2, 0.25) is 0 Å². The predicted molar refractivity (Wildman–Crippen MR) is 127 cm³/mol. The van der Waals surface area contributed by atoms with Gasteiger partial charge in [-0.1, -0.05) is 90.5 Å². The van der Waals surface area contributed by atoms with Gasteiger partial charge in [0, 0.05) is 16.3 Å². The molecule has 0 spiro atoms. The van der Waals surface area contributed by atoms with Crippen LogP contribution in [0.1, 0.15) is 5.82 Å². The van der Waals surface area contributed by atoms with Crippen molar-refractivity contribution < 1.29 is 0 Å². The maximum absolute atomic E-state index is 6.05. The number of aromatic nitrogens is 3. The van der Waals surface area contributed by atoms with E-state index in [0.717, 1.165) is 28.5 Å². The van der Waals surface area contributed by atoms with Crippen molar-refractivity contribution in [1.29, 1.82) is 0 Å². The second-order valence-corrected chi connectivity index (χ2v) is 7.84. The molecule has 4 heteroatoms. The average Bonchev–Trinajstić information content (AvgIpc) is 3.22. The lowest BCUT2D eigenvalue weighted by Crippen LogP contribution is -1.99. The maximum atomic E-state index is 6.05. The molecule has 0 aliphatic rings. The fourth-order valence-electron chi connectivity index (χ4n) is 3.75. The zero-order valence-corrected chi connectivity index (χ0v) is 17.8. The molecule has 5 rings (SSSR count). The van der Waals surface area contributed by atoms with Gasteiger partial charge in [-0.2, -0.15) is 0 Å². The second-order valence-electron chi connectivity index (χ2n) is 7.40. The summed E-state index contributed by atoms with van der Waals surface area (Å²) in [5.41, 5.74) is 6.79. The van der Waals surface area contributed by atoms with Crippen LogP contribution < -0.4 is 0 Å². The molecule has 0 saturated heterocycles. The fraction of sp³-hybridized carbons (Fsp3) is 0.0370. The normalized spacial score (nSPS) is 10.9. The van der Waals surface area contributed by atoms with E-state index in [0.29, 0.717) is 5.02 Å². The molecule has 0 unspecified atom stereocenters. The van der Waals surface area contributed by atoms with E-state index >= 15 is 0 Å². The third-order valence-corrected chi connectivity index (χ3v) is 5.63. The number of hydrogen-bond donors (Lipinski definition) is 0. The van der Waals surface area contributed by atoms with E-state index in [1.807, 2.05) is 41.8 Å². The summed E-state index contributed by atoms with van der Waals surface area (Å²) >= 11 is 6.05. The van der Waals surface area contributed by atoms with E-state index in [1.165, 1.54) is 16.7 Å². The van der Waals surface area contributed by atoms with Crippen molar-refractivity contribution in [3.8, 4) is 39.3 Å². The van der Waals surface area contributed by atoms with Crippen LogP contribution in [0.2, 0.25) is 5.02 Å². The Hall–Kier alpha value is -3.69. The van der Waals surface area contributed by atoms with Crippen LogP contribution in [0.3, 0.4) is 0 Å². The molecule has 1 aromatic heterocycles. The van der Waals surface area contributed by atoms with Gasteiger partial charge in [-0.3, -0.25) is 4.57 Å². The first-order chi connectivity index (χ1) is 15.2. The highest BCUT2D eigenvalue weighted by molar-refractivity contribution is 6.30. The van der Waals surface area contributed by atoms with Crippen LogP contribution in [0.4, 0.5) is 0 Å². The molecule has 0 bridgehead atoms. The molecule has 0 saturated carbocycles. The van der Waals surface area contributed by atoms with E-state index in [2.05, 4.69) is 83.0 Å². The monoisotopic (exact) mass is 421 g/mol. The van der Waals surface area contributed by atoms with Crippen LogP contribution >= 0.6 is 11.6 Å². The number of hydrogen-bond acceptors (Lipinski definition) is 2. The molecule has 0 aliphatic heterocycles. The first-order valence-electron chi connectivity index (χ1n) is 10.1. The molecule has 0 aliphatic carbocycles. The Labute approximate surface area is 186 Å². The molecule has 0 amide bonds. The lowest BCUT2D eigenvalue weighted by Gasteiger charge is -2.10. The largest absolute Gasteiger partial charge is 0.279 e. The van der Waals surface area contributed by atoms with Gasteiger partial charge in [-0.05, 0) is 53.4 Å². The summed E-state index contributed by atoms with van der Waals surface area (Å²) < 4.78 is 2.04. The Morgan fingerprint density at radius 3 is 1.58 bits per heavy atom. The Morgan fingerprint density at radius 2 is 1.03 bits per heavy atom. The zero-order valence-electron chi connectivity index (χ0n) is 17.0. The van der Waals surface area contributed by atoms with Gasteiger partial charge < -0.3 is 0 Å². The summed E-state index contributed by atoms with van der Waals surface area (Å²) in [6.07, 6.45) is 0. The summed E-state index contributed by atoms with van der Waals surface area (Å²) in [4.78, 5) is 0. The van der Waals surface area contributed by atoms with Gasteiger partial charge in [0.1, 0.15) is 5.82 Å². The van der Waals surface area contributed by atoms with Crippen molar-refractivity contribution in [2.75, 3.05) is 0 Å². The predicted octanol–water partition coefficient (Wildman–Crippen LogP) is 7.23. The number of aryl methyl sites for hydroxylation is 1. The third-order valence-electron chi connectivity index (χ3n) is 5.38. The van der Waals surface area contributed by atoms with Crippen molar-refractivity contribution in [3.63, 3.8) is 0 Å². The number of halogens is 1. The van der Waals surface area contributed by atoms with Gasteiger partial charge in [-0.25, -0.2) is 0 Å². The number of benzene rings is 4. The lowest BCUT2D eigenvalue weighted by atomic mass is 9.99. The summed E-state index contributed by atoms with van der Waals surface area (Å²) in [5.74, 6) is 1.64. The van der Waals surface area contributed by atoms with Gasteiger partial charge in [-0.15, -0.1) is 10.2 Å². The molecule has 5 aromatic rings. The van der Waals surface area contributed by atoms with Gasteiger partial charge in [0.05, 0.1) is 0 Å². The van der Waals surface area contributed by atoms with Crippen LogP contribution in [-0.4, -0.2) is 14.8 Å². The molecular formula is C27H20ClN3. The van der Waals surface area contributed by atoms with Crippen molar-refractivity contribution >= 4 is 11.6 Å². The van der Waals surface area contributed by atoms with Gasteiger partial charge >= 0.3 is 0 Å². The van der Waals surface area contributed by atoms with E-state index in [1.54, 1.807) is 0 Å². The van der Waals surface area contributed by atoms with Crippen molar-refractivity contribution in [2.45, 2.75) is 6.92 Å². The van der Waals surface area contributed by atoms with E-state index < -0.39 is 0 Å². The third kappa shape index (κ3) is 3.88. The maximum Gasteiger partial charge on any atom is 0.168 e. The smallest absolute Gasteiger partial charge is 0.168 e. The number of nitrogens with zero attached hydrogens (tertiary/aromatic N) is 3. The lowest BCUT2D eigenvalue weighted by molar-refractivity contribution is 0.972. The van der Waals surface area contributed by atoms with E-state index in [9.17, 15) is 0 Å². The number of rotatable bonds is 4. The molecule has 0 fully saturated rings. The molecule has 0 N–H and O–H groups in total. The molecular weight excluding hydrogens is 402 g/mol. The molecule has 1 heterocycles. The van der Waals surface area contributed by atoms with Crippen LogP contribution in [0.5, 0.6) is 0 Å². The Kier molecular flexibility index (Phi) is 5.11. The molecule has 3 nitrogen and oxygen atoms in total. The van der Waals surface area contributed by atoms with Crippen LogP contribution in [0.25, 0.3) is 39.3 Å². The van der Waals surface area contributed by atoms with Crippen molar-refractivity contribution in [3.05, 3.63) is 114 Å². The topological polar surface area (TPSA) is 30.7 Å². The van der Waals surface area contributed by atoms with Crippen LogP contribution in [0, 0.1) is 6.92 Å². The highest BCUT2D eigenvalue weighted by Gasteiger charge is 2.13.